The Morgan fingerprint density at radius 2 is 1.62 bits per heavy atom. The van der Waals surface area contributed by atoms with E-state index in [1.165, 1.54) is 38.8 Å². The second-order valence-electron chi connectivity index (χ2n) is 5.80. The molecule has 0 spiro atoms. The van der Waals surface area contributed by atoms with Crippen LogP contribution in [0.4, 0.5) is 0 Å². The Kier molecular flexibility index (Phi) is 2.16. The van der Waals surface area contributed by atoms with E-state index in [2.05, 4.69) is 18.7 Å². The Morgan fingerprint density at radius 3 is 2.08 bits per heavy atom. The zero-order valence-corrected chi connectivity index (χ0v) is 8.97. The van der Waals surface area contributed by atoms with Crippen molar-refractivity contribution in [3.8, 4) is 0 Å². The van der Waals surface area contributed by atoms with Gasteiger partial charge in [0.15, 0.2) is 0 Å². The van der Waals surface area contributed by atoms with E-state index >= 15 is 0 Å². The molecular weight excluding hydrogens is 160 g/mol. The van der Waals surface area contributed by atoms with Crippen molar-refractivity contribution >= 4 is 0 Å². The quantitative estimate of drug-likeness (QED) is 0.703. The summed E-state index contributed by atoms with van der Waals surface area (Å²) < 4.78 is 0. The first-order valence-corrected chi connectivity index (χ1v) is 5.51. The van der Waals surface area contributed by atoms with Crippen molar-refractivity contribution in [3.63, 3.8) is 0 Å². The van der Waals surface area contributed by atoms with Crippen LogP contribution in [0.15, 0.2) is 0 Å². The third-order valence-electron chi connectivity index (χ3n) is 3.64. The summed E-state index contributed by atoms with van der Waals surface area (Å²) in [6, 6.07) is 0. The monoisotopic (exact) mass is 182 g/mol. The van der Waals surface area contributed by atoms with Gasteiger partial charge >= 0.3 is 0 Å². The summed E-state index contributed by atoms with van der Waals surface area (Å²) in [5.74, 6) is 0. The molecule has 1 aliphatic carbocycles. The Hall–Kier alpha value is -0.0800. The molecule has 76 valence electrons. The number of hydrogen-bond acceptors (Lipinski definition) is 2. The molecule has 2 nitrogen and oxygen atoms in total. The van der Waals surface area contributed by atoms with Gasteiger partial charge in [0.2, 0.25) is 0 Å². The lowest BCUT2D eigenvalue weighted by Crippen LogP contribution is -2.44. The van der Waals surface area contributed by atoms with E-state index in [1.807, 2.05) is 0 Å². The summed E-state index contributed by atoms with van der Waals surface area (Å²) >= 11 is 0. The molecular formula is C11H22N2. The molecule has 2 rings (SSSR count). The highest BCUT2D eigenvalue weighted by Gasteiger charge is 2.40. The SMILES string of the molecule is CC1(C)CCN(CC2(N)CC2)CC1. The average Bonchev–Trinajstić information content (AvgIpc) is 2.74. The molecule has 2 fully saturated rings. The molecule has 13 heavy (non-hydrogen) atoms. The highest BCUT2D eigenvalue weighted by atomic mass is 15.2. The first-order valence-electron chi connectivity index (χ1n) is 5.51. The van der Waals surface area contributed by atoms with Gasteiger partial charge in [0.1, 0.15) is 0 Å². The maximum atomic E-state index is 6.10. The minimum atomic E-state index is 0.210. The minimum absolute atomic E-state index is 0.210. The summed E-state index contributed by atoms with van der Waals surface area (Å²) in [5, 5.41) is 0. The van der Waals surface area contributed by atoms with E-state index in [4.69, 9.17) is 5.73 Å². The van der Waals surface area contributed by atoms with Crippen molar-refractivity contribution in [1.29, 1.82) is 0 Å². The maximum absolute atomic E-state index is 6.10. The third kappa shape index (κ3) is 2.44. The van der Waals surface area contributed by atoms with Gasteiger partial charge in [-0.15, -0.1) is 0 Å². The van der Waals surface area contributed by atoms with Gasteiger partial charge in [0, 0.05) is 12.1 Å². The molecule has 0 amide bonds. The van der Waals surface area contributed by atoms with Gasteiger partial charge in [-0.3, -0.25) is 0 Å². The zero-order valence-electron chi connectivity index (χ0n) is 8.97. The van der Waals surface area contributed by atoms with Crippen LogP contribution in [0.25, 0.3) is 0 Å². The minimum Gasteiger partial charge on any atom is -0.324 e. The van der Waals surface area contributed by atoms with Crippen LogP contribution in [0.3, 0.4) is 0 Å². The summed E-state index contributed by atoms with van der Waals surface area (Å²) in [4.78, 5) is 2.55. The van der Waals surface area contributed by atoms with Crippen molar-refractivity contribution in [2.75, 3.05) is 19.6 Å². The molecule has 1 heterocycles. The normalized spacial score (nSPS) is 31.6. The van der Waals surface area contributed by atoms with Gasteiger partial charge in [-0.05, 0) is 44.2 Å². The first kappa shape index (κ1) is 9.47. The topological polar surface area (TPSA) is 29.3 Å². The van der Waals surface area contributed by atoms with E-state index in [1.54, 1.807) is 0 Å². The predicted octanol–water partition coefficient (Wildman–Crippen LogP) is 1.60. The highest BCUT2D eigenvalue weighted by molar-refractivity contribution is 5.01. The van der Waals surface area contributed by atoms with Crippen LogP contribution in [0.2, 0.25) is 0 Å². The van der Waals surface area contributed by atoms with Crippen LogP contribution in [0.5, 0.6) is 0 Å². The van der Waals surface area contributed by atoms with Gasteiger partial charge in [-0.2, -0.15) is 0 Å². The summed E-state index contributed by atoms with van der Waals surface area (Å²) in [5.41, 5.74) is 6.88. The molecule has 0 bridgehead atoms. The van der Waals surface area contributed by atoms with Crippen molar-refractivity contribution in [2.45, 2.75) is 45.1 Å². The summed E-state index contributed by atoms with van der Waals surface area (Å²) in [7, 11) is 0. The van der Waals surface area contributed by atoms with Gasteiger partial charge in [-0.25, -0.2) is 0 Å². The van der Waals surface area contributed by atoms with Crippen molar-refractivity contribution in [3.05, 3.63) is 0 Å². The molecule has 1 saturated heterocycles. The molecule has 2 heteroatoms. The molecule has 0 aromatic carbocycles. The van der Waals surface area contributed by atoms with Crippen molar-refractivity contribution in [1.82, 2.24) is 4.90 Å². The fourth-order valence-electron chi connectivity index (χ4n) is 2.08. The number of piperidine rings is 1. The van der Waals surface area contributed by atoms with E-state index in [0.717, 1.165) is 6.54 Å². The number of nitrogens with two attached hydrogens (primary N) is 1. The average molecular weight is 182 g/mol. The maximum Gasteiger partial charge on any atom is 0.0284 e. The van der Waals surface area contributed by atoms with Gasteiger partial charge in [0.25, 0.3) is 0 Å². The largest absolute Gasteiger partial charge is 0.324 e. The Morgan fingerprint density at radius 1 is 1.08 bits per heavy atom. The molecule has 2 N–H and O–H groups in total. The van der Waals surface area contributed by atoms with E-state index in [0.29, 0.717) is 5.41 Å². The van der Waals surface area contributed by atoms with Gasteiger partial charge in [-0.1, -0.05) is 13.8 Å². The van der Waals surface area contributed by atoms with Gasteiger partial charge in [0.05, 0.1) is 0 Å². The Labute approximate surface area is 81.5 Å². The molecule has 2 aliphatic rings. The Balaban J connectivity index is 1.78. The molecule has 0 aromatic heterocycles. The lowest BCUT2D eigenvalue weighted by Gasteiger charge is -2.38. The fourth-order valence-corrected chi connectivity index (χ4v) is 2.08. The van der Waals surface area contributed by atoms with Crippen LogP contribution >= 0.6 is 0 Å². The highest BCUT2D eigenvalue weighted by Crippen LogP contribution is 2.36. The lowest BCUT2D eigenvalue weighted by molar-refractivity contribution is 0.124. The molecule has 0 aromatic rings. The molecule has 0 atom stereocenters. The van der Waals surface area contributed by atoms with E-state index < -0.39 is 0 Å². The van der Waals surface area contributed by atoms with Crippen LogP contribution < -0.4 is 5.73 Å². The summed E-state index contributed by atoms with van der Waals surface area (Å²) in [6.07, 6.45) is 5.16. The number of nitrogens with zero attached hydrogens (tertiary/aromatic N) is 1. The zero-order chi connectivity index (χ0) is 9.53. The van der Waals surface area contributed by atoms with Crippen molar-refractivity contribution < 1.29 is 0 Å². The molecule has 0 radical (unpaired) electrons. The summed E-state index contributed by atoms with van der Waals surface area (Å²) in [6.45, 7) is 8.40. The third-order valence-corrected chi connectivity index (χ3v) is 3.64. The second-order valence-corrected chi connectivity index (χ2v) is 5.80. The molecule has 1 aliphatic heterocycles. The smallest absolute Gasteiger partial charge is 0.0284 e. The van der Waals surface area contributed by atoms with E-state index in [-0.39, 0.29) is 5.54 Å². The van der Waals surface area contributed by atoms with Crippen LogP contribution in [-0.2, 0) is 0 Å². The van der Waals surface area contributed by atoms with Crippen LogP contribution in [0, 0.1) is 5.41 Å². The number of rotatable bonds is 2. The van der Waals surface area contributed by atoms with Crippen molar-refractivity contribution in [2.24, 2.45) is 11.1 Å². The lowest BCUT2D eigenvalue weighted by atomic mass is 9.82. The predicted molar refractivity (Wildman–Crippen MR) is 55.6 cm³/mol. The number of hydrogen-bond donors (Lipinski definition) is 1. The van der Waals surface area contributed by atoms with Gasteiger partial charge < -0.3 is 10.6 Å². The fraction of sp³-hybridized carbons (Fsp3) is 1.00. The van der Waals surface area contributed by atoms with E-state index in [9.17, 15) is 0 Å². The standard InChI is InChI=1S/C11H22N2/c1-10(2)5-7-13(8-6-10)9-11(12)3-4-11/h3-9,12H2,1-2H3. The first-order chi connectivity index (χ1) is 5.99. The Bertz CT molecular complexity index is 184. The van der Waals surface area contributed by atoms with Crippen LogP contribution in [-0.4, -0.2) is 30.1 Å². The van der Waals surface area contributed by atoms with Crippen LogP contribution in [0.1, 0.15) is 39.5 Å². The number of likely N-dealkylation sites (tertiary alicyclic amines) is 1. The molecule has 1 saturated carbocycles. The molecule has 0 unspecified atom stereocenters. The second kappa shape index (κ2) is 2.96.